The lowest BCUT2D eigenvalue weighted by molar-refractivity contribution is -0.212. The van der Waals surface area contributed by atoms with E-state index in [2.05, 4.69) is 46.5 Å². The topological polar surface area (TPSA) is 103 Å². The molecule has 0 bridgehead atoms. The van der Waals surface area contributed by atoms with Crippen LogP contribution in [0.2, 0.25) is 0 Å². The third-order valence-electron chi connectivity index (χ3n) is 3.60. The van der Waals surface area contributed by atoms with Gasteiger partial charge in [-0.25, -0.2) is 9.98 Å². The third kappa shape index (κ3) is 3.11. The van der Waals surface area contributed by atoms with Crippen molar-refractivity contribution in [3.8, 4) is 11.3 Å². The highest BCUT2D eigenvalue weighted by Crippen LogP contribution is 2.26. The Morgan fingerprint density at radius 1 is 1.08 bits per heavy atom. The molecule has 0 saturated heterocycles. The van der Waals surface area contributed by atoms with Gasteiger partial charge >= 0.3 is 0 Å². The van der Waals surface area contributed by atoms with E-state index in [0.29, 0.717) is 16.8 Å². The fraction of sp³-hybridized carbons (Fsp3) is 0. The molecule has 0 spiro atoms. The van der Waals surface area contributed by atoms with Gasteiger partial charge < -0.3 is 5.11 Å². The van der Waals surface area contributed by atoms with E-state index in [9.17, 15) is 5.11 Å². The molecule has 0 aliphatic carbocycles. The summed E-state index contributed by atoms with van der Waals surface area (Å²) in [5.41, 5.74) is 2.73. The van der Waals surface area contributed by atoms with Crippen LogP contribution in [0.25, 0.3) is 22.2 Å². The Hall–Kier alpha value is -3.13. The van der Waals surface area contributed by atoms with Gasteiger partial charge in [0.1, 0.15) is 0 Å². The van der Waals surface area contributed by atoms with Crippen LogP contribution in [0.15, 0.2) is 64.1 Å². The van der Waals surface area contributed by atoms with E-state index in [-0.39, 0.29) is 5.95 Å². The van der Waals surface area contributed by atoms with Gasteiger partial charge in [-0.05, 0) is 40.9 Å². The number of nitrogens with zero attached hydrogens (tertiary/aromatic N) is 5. The predicted octanol–water partition coefficient (Wildman–Crippen LogP) is 2.62. The smallest absolute Gasteiger partial charge is 0.288 e. The lowest BCUT2D eigenvalue weighted by atomic mass is 10.0. The molecule has 0 aliphatic rings. The number of H-pyrrole nitrogens is 1. The van der Waals surface area contributed by atoms with Crippen LogP contribution in [0.3, 0.4) is 0 Å². The normalized spacial score (nSPS) is 11.8. The predicted molar refractivity (Wildman–Crippen MR) is 95.3 cm³/mol. The van der Waals surface area contributed by atoms with E-state index in [0.717, 1.165) is 15.4 Å². The summed E-state index contributed by atoms with van der Waals surface area (Å²) in [4.78, 5) is 8.56. The van der Waals surface area contributed by atoms with Crippen molar-refractivity contribution < 1.29 is 5.11 Å². The zero-order chi connectivity index (χ0) is 17.2. The number of tetrazole rings is 1. The number of aromatic nitrogens is 5. The van der Waals surface area contributed by atoms with Crippen LogP contribution in [0, 0.1) is 0 Å². The first-order valence-electron chi connectivity index (χ1n) is 7.36. The van der Waals surface area contributed by atoms with Crippen LogP contribution in [0.5, 0.6) is 0 Å². The van der Waals surface area contributed by atoms with Crippen LogP contribution >= 0.6 is 15.9 Å². The molecule has 2 aromatic carbocycles. The molecule has 0 aliphatic heterocycles. The van der Waals surface area contributed by atoms with Gasteiger partial charge in [-0.2, -0.15) is 5.21 Å². The van der Waals surface area contributed by atoms with Crippen molar-refractivity contribution in [2.24, 2.45) is 4.99 Å². The van der Waals surface area contributed by atoms with Gasteiger partial charge in [0, 0.05) is 15.4 Å². The maximum absolute atomic E-state index is 12.7. The number of nitrogens with one attached hydrogen (secondary N) is 1. The highest BCUT2D eigenvalue weighted by molar-refractivity contribution is 9.10. The summed E-state index contributed by atoms with van der Waals surface area (Å²) >= 11 is 3.46. The van der Waals surface area contributed by atoms with Gasteiger partial charge in [0.25, 0.3) is 5.95 Å². The largest absolute Gasteiger partial charge is 0.858 e. The molecule has 4 aromatic rings. The quantitative estimate of drug-likeness (QED) is 0.425. The van der Waals surface area contributed by atoms with E-state index >= 15 is 0 Å². The molecule has 25 heavy (non-hydrogen) atoms. The van der Waals surface area contributed by atoms with Gasteiger partial charge in [0.05, 0.1) is 11.2 Å². The minimum atomic E-state index is -0.448. The lowest BCUT2D eigenvalue weighted by Crippen LogP contribution is -2.19. The average molecular weight is 394 g/mol. The molecule has 0 atom stereocenters. The number of fused-ring (bicyclic) bond motifs is 1. The number of hydrogen-bond donors (Lipinski definition) is 1. The minimum Gasteiger partial charge on any atom is -0.858 e. The number of halogens is 1. The Bertz CT molecular complexity index is 1080. The molecule has 0 unspecified atom stereocenters. The van der Waals surface area contributed by atoms with Crippen LogP contribution in [0.4, 0.5) is 5.95 Å². The standard InChI is InChI=1S/C17H11BrN6O/c18-11-5-3-4-10(8-11)15-9-13(12-6-1-2-7-14(12)19-15)16(25)20-17-21-23-24-22-17/h1-9H,(H2,20,21,22,23,24,25)/p-1. The molecule has 122 valence electrons. The zero-order valence-corrected chi connectivity index (χ0v) is 14.3. The summed E-state index contributed by atoms with van der Waals surface area (Å²) in [7, 11) is 0. The van der Waals surface area contributed by atoms with Crippen molar-refractivity contribution in [1.82, 2.24) is 25.6 Å². The SMILES string of the molecule is [O-]C(=Nc1nn[nH]n1)c1cc(-c2cccc(Br)c2)nc2ccccc12. The Morgan fingerprint density at radius 3 is 2.76 bits per heavy atom. The van der Waals surface area contributed by atoms with Gasteiger partial charge in [-0.1, -0.05) is 51.4 Å². The second-order valence-corrected chi connectivity index (χ2v) is 6.13. The Balaban J connectivity index is 1.93. The average Bonchev–Trinajstić information content (AvgIpc) is 3.13. The van der Waals surface area contributed by atoms with E-state index in [1.165, 1.54) is 0 Å². The summed E-state index contributed by atoms with van der Waals surface area (Å²) in [6.07, 6.45) is 0. The molecule has 4 rings (SSSR count). The van der Waals surface area contributed by atoms with E-state index < -0.39 is 5.90 Å². The molecular weight excluding hydrogens is 384 g/mol. The highest BCUT2D eigenvalue weighted by Gasteiger charge is 2.09. The van der Waals surface area contributed by atoms with Crippen LogP contribution in [-0.2, 0) is 0 Å². The monoisotopic (exact) mass is 393 g/mol. The lowest BCUT2D eigenvalue weighted by Gasteiger charge is -2.14. The second kappa shape index (κ2) is 6.40. The summed E-state index contributed by atoms with van der Waals surface area (Å²) in [5.74, 6) is -0.453. The molecule has 0 fully saturated rings. The summed E-state index contributed by atoms with van der Waals surface area (Å²) in [6.45, 7) is 0. The zero-order valence-electron chi connectivity index (χ0n) is 12.7. The highest BCUT2D eigenvalue weighted by atomic mass is 79.9. The van der Waals surface area contributed by atoms with Gasteiger partial charge in [-0.15, -0.1) is 5.10 Å². The summed E-state index contributed by atoms with van der Waals surface area (Å²) in [5, 5.41) is 26.4. The van der Waals surface area contributed by atoms with Crippen LogP contribution in [0.1, 0.15) is 5.56 Å². The Kier molecular flexibility index (Phi) is 3.95. The first-order chi connectivity index (χ1) is 12.2. The maximum atomic E-state index is 12.7. The van der Waals surface area contributed by atoms with Crippen LogP contribution < -0.4 is 5.11 Å². The van der Waals surface area contributed by atoms with Crippen molar-refractivity contribution in [2.75, 3.05) is 0 Å². The fourth-order valence-corrected chi connectivity index (χ4v) is 2.90. The molecule has 0 radical (unpaired) electrons. The molecular formula is C17H10BrN6O-. The van der Waals surface area contributed by atoms with Crippen molar-refractivity contribution in [3.63, 3.8) is 0 Å². The van der Waals surface area contributed by atoms with E-state index in [1.807, 2.05) is 48.5 Å². The maximum Gasteiger partial charge on any atom is 0.288 e. The van der Waals surface area contributed by atoms with Gasteiger partial charge in [0.15, 0.2) is 0 Å². The Labute approximate surface area is 150 Å². The van der Waals surface area contributed by atoms with Crippen molar-refractivity contribution in [2.45, 2.75) is 0 Å². The summed E-state index contributed by atoms with van der Waals surface area (Å²) < 4.78 is 0.935. The number of pyridine rings is 1. The third-order valence-corrected chi connectivity index (χ3v) is 4.10. The van der Waals surface area contributed by atoms with E-state index in [1.54, 1.807) is 6.07 Å². The van der Waals surface area contributed by atoms with Gasteiger partial charge in [-0.3, -0.25) is 0 Å². The molecule has 7 nitrogen and oxygen atoms in total. The number of rotatable bonds is 3. The summed E-state index contributed by atoms with van der Waals surface area (Å²) in [6, 6.07) is 16.9. The Morgan fingerprint density at radius 2 is 1.96 bits per heavy atom. The molecule has 2 aromatic heterocycles. The van der Waals surface area contributed by atoms with Crippen molar-refractivity contribution >= 4 is 38.7 Å². The number of aromatic amines is 1. The fourth-order valence-electron chi connectivity index (χ4n) is 2.50. The number of hydrogen-bond acceptors (Lipinski definition) is 6. The van der Waals surface area contributed by atoms with Crippen LogP contribution in [-0.4, -0.2) is 31.5 Å². The molecule has 2 heterocycles. The number of aliphatic imine (C=N–C) groups is 1. The van der Waals surface area contributed by atoms with E-state index in [4.69, 9.17) is 0 Å². The first-order valence-corrected chi connectivity index (χ1v) is 8.15. The number of benzene rings is 2. The molecule has 1 N–H and O–H groups in total. The van der Waals surface area contributed by atoms with Crippen molar-refractivity contribution in [3.05, 3.63) is 64.6 Å². The second-order valence-electron chi connectivity index (χ2n) is 5.21. The number of para-hydroxylation sites is 1. The molecule has 8 heteroatoms. The van der Waals surface area contributed by atoms with Gasteiger partial charge in [0.2, 0.25) is 0 Å². The minimum absolute atomic E-state index is 0.00472. The van der Waals surface area contributed by atoms with Crippen molar-refractivity contribution in [1.29, 1.82) is 0 Å². The first kappa shape index (κ1) is 15.4. The molecule has 0 amide bonds. The molecule has 0 saturated carbocycles.